The zero-order chi connectivity index (χ0) is 18.2. The summed E-state index contributed by atoms with van der Waals surface area (Å²) in [5, 5.41) is 9.67. The number of rotatable bonds is 4. The number of hydrogen-bond acceptors (Lipinski definition) is 3. The topological polar surface area (TPSA) is 53.3 Å². The highest BCUT2D eigenvalue weighted by Gasteiger charge is 2.40. The maximum absolute atomic E-state index is 12.8. The average Bonchev–Trinajstić information content (AvgIpc) is 2.85. The van der Waals surface area contributed by atoms with Crippen molar-refractivity contribution in [2.75, 3.05) is 13.7 Å². The van der Waals surface area contributed by atoms with E-state index in [9.17, 15) is 10.1 Å². The van der Waals surface area contributed by atoms with Crippen molar-refractivity contribution < 1.29 is 9.53 Å². The van der Waals surface area contributed by atoms with Crippen LogP contribution in [0.5, 0.6) is 5.75 Å². The van der Waals surface area contributed by atoms with Crippen LogP contribution < -0.4 is 4.74 Å². The van der Waals surface area contributed by atoms with Crippen LogP contribution in [0, 0.1) is 18.3 Å². The number of hydrogen-bond donors (Lipinski definition) is 0. The molecule has 1 unspecified atom stereocenters. The van der Waals surface area contributed by atoms with Gasteiger partial charge in [-0.25, -0.2) is 0 Å². The van der Waals surface area contributed by atoms with E-state index in [1.165, 1.54) is 0 Å². The molecule has 0 saturated heterocycles. The van der Waals surface area contributed by atoms with Crippen molar-refractivity contribution in [2.24, 2.45) is 0 Å². The summed E-state index contributed by atoms with van der Waals surface area (Å²) < 4.78 is 5.21. The van der Waals surface area contributed by atoms with Gasteiger partial charge in [-0.1, -0.05) is 43.7 Å². The van der Waals surface area contributed by atoms with Gasteiger partial charge in [0.2, 0.25) is 0 Å². The molecule has 0 radical (unpaired) electrons. The molecule has 1 aliphatic heterocycles. The summed E-state index contributed by atoms with van der Waals surface area (Å²) in [4.78, 5) is 14.5. The molecule has 1 heterocycles. The Kier molecular flexibility index (Phi) is 4.26. The lowest BCUT2D eigenvalue weighted by molar-refractivity contribution is 0.0722. The first-order valence-electron chi connectivity index (χ1n) is 8.33. The number of aryl methyl sites for hydroxylation is 1. The van der Waals surface area contributed by atoms with Gasteiger partial charge in [-0.3, -0.25) is 4.79 Å². The van der Waals surface area contributed by atoms with Crippen LogP contribution in [0.3, 0.4) is 0 Å². The van der Waals surface area contributed by atoms with E-state index in [1.54, 1.807) is 12.0 Å². The molecule has 1 amide bonds. The van der Waals surface area contributed by atoms with Crippen LogP contribution in [0.15, 0.2) is 42.5 Å². The minimum atomic E-state index is -0.528. The molecule has 4 nitrogen and oxygen atoms in total. The van der Waals surface area contributed by atoms with Gasteiger partial charge in [0.15, 0.2) is 0 Å². The molecule has 1 atom stereocenters. The molecule has 0 bridgehead atoms. The third-order valence-electron chi connectivity index (χ3n) is 4.86. The standard InChI is InChI=1S/C21H22N2O2/c1-14-5-10-17-18(11-14)19(12-22)23(20(17)24)13-21(2,3)15-6-8-16(25-4)9-7-15/h5-11,19H,13H2,1-4H3. The van der Waals surface area contributed by atoms with Crippen LogP contribution in [0.4, 0.5) is 0 Å². The second-order valence-corrected chi connectivity index (χ2v) is 7.17. The summed E-state index contributed by atoms with van der Waals surface area (Å²) in [6.45, 7) is 6.63. The second-order valence-electron chi connectivity index (χ2n) is 7.17. The first kappa shape index (κ1) is 17.0. The second kappa shape index (κ2) is 6.25. The highest BCUT2D eigenvalue weighted by atomic mass is 16.5. The number of ether oxygens (including phenoxy) is 1. The summed E-state index contributed by atoms with van der Waals surface area (Å²) in [6.07, 6.45) is 0. The molecule has 3 rings (SSSR count). The number of fused-ring (bicyclic) bond motifs is 1. The average molecular weight is 334 g/mol. The third-order valence-corrected chi connectivity index (χ3v) is 4.86. The molecule has 25 heavy (non-hydrogen) atoms. The van der Waals surface area contributed by atoms with Gasteiger partial charge >= 0.3 is 0 Å². The van der Waals surface area contributed by atoms with Crippen molar-refractivity contribution in [3.63, 3.8) is 0 Å². The number of methoxy groups -OCH3 is 1. The van der Waals surface area contributed by atoms with Crippen molar-refractivity contribution >= 4 is 5.91 Å². The fourth-order valence-electron chi connectivity index (χ4n) is 3.40. The largest absolute Gasteiger partial charge is 0.497 e. The molecular formula is C21H22N2O2. The van der Waals surface area contributed by atoms with Crippen LogP contribution in [0.1, 0.15) is 46.9 Å². The Morgan fingerprint density at radius 2 is 1.88 bits per heavy atom. The first-order chi connectivity index (χ1) is 11.9. The summed E-state index contributed by atoms with van der Waals surface area (Å²) in [6, 6.07) is 15.3. The van der Waals surface area contributed by atoms with E-state index in [0.29, 0.717) is 12.1 Å². The maximum Gasteiger partial charge on any atom is 0.255 e. The van der Waals surface area contributed by atoms with Crippen LogP contribution in [-0.4, -0.2) is 24.5 Å². The molecule has 0 spiro atoms. The molecular weight excluding hydrogens is 312 g/mol. The number of carbonyl (C=O) groups is 1. The van der Waals surface area contributed by atoms with Gasteiger partial charge < -0.3 is 9.64 Å². The van der Waals surface area contributed by atoms with Gasteiger partial charge in [0.1, 0.15) is 11.8 Å². The molecule has 0 saturated carbocycles. The first-order valence-corrected chi connectivity index (χ1v) is 8.33. The number of carbonyl (C=O) groups excluding carboxylic acids is 1. The van der Waals surface area contributed by atoms with Gasteiger partial charge in [0, 0.05) is 23.1 Å². The van der Waals surface area contributed by atoms with E-state index >= 15 is 0 Å². The van der Waals surface area contributed by atoms with E-state index in [-0.39, 0.29) is 11.3 Å². The van der Waals surface area contributed by atoms with E-state index in [1.807, 2.05) is 49.4 Å². The van der Waals surface area contributed by atoms with Crippen molar-refractivity contribution in [3.05, 3.63) is 64.7 Å². The zero-order valence-corrected chi connectivity index (χ0v) is 15.0. The van der Waals surface area contributed by atoms with Crippen molar-refractivity contribution in [1.82, 2.24) is 4.90 Å². The Bertz CT molecular complexity index is 847. The highest BCUT2D eigenvalue weighted by molar-refractivity contribution is 5.99. The Morgan fingerprint density at radius 3 is 2.48 bits per heavy atom. The fourth-order valence-corrected chi connectivity index (χ4v) is 3.40. The molecule has 2 aromatic rings. The Morgan fingerprint density at radius 1 is 1.20 bits per heavy atom. The minimum absolute atomic E-state index is 0.0665. The maximum atomic E-state index is 12.8. The molecule has 4 heteroatoms. The lowest BCUT2D eigenvalue weighted by Gasteiger charge is -2.32. The summed E-state index contributed by atoms with van der Waals surface area (Å²) in [5.74, 6) is 0.734. The number of nitriles is 1. The third kappa shape index (κ3) is 2.98. The molecule has 0 aromatic heterocycles. The van der Waals surface area contributed by atoms with E-state index in [4.69, 9.17) is 4.74 Å². The zero-order valence-electron chi connectivity index (χ0n) is 15.0. The minimum Gasteiger partial charge on any atom is -0.497 e. The predicted molar refractivity (Wildman–Crippen MR) is 96.6 cm³/mol. The van der Waals surface area contributed by atoms with Crippen molar-refractivity contribution in [1.29, 1.82) is 5.26 Å². The van der Waals surface area contributed by atoms with Gasteiger partial charge in [0.25, 0.3) is 5.91 Å². The van der Waals surface area contributed by atoms with Crippen molar-refractivity contribution in [3.8, 4) is 11.8 Å². The van der Waals surface area contributed by atoms with Crippen molar-refractivity contribution in [2.45, 2.75) is 32.2 Å². The molecule has 128 valence electrons. The lowest BCUT2D eigenvalue weighted by Crippen LogP contribution is -2.39. The van der Waals surface area contributed by atoms with E-state index in [2.05, 4.69) is 19.9 Å². The molecule has 0 aliphatic carbocycles. The van der Waals surface area contributed by atoms with E-state index in [0.717, 1.165) is 22.4 Å². The van der Waals surface area contributed by atoms with Gasteiger partial charge in [-0.15, -0.1) is 0 Å². The van der Waals surface area contributed by atoms with Crippen LogP contribution in [0.25, 0.3) is 0 Å². The molecule has 2 aromatic carbocycles. The smallest absolute Gasteiger partial charge is 0.255 e. The van der Waals surface area contributed by atoms with E-state index < -0.39 is 6.04 Å². The van der Waals surface area contributed by atoms with Gasteiger partial charge in [-0.05, 0) is 30.7 Å². The van der Waals surface area contributed by atoms with Crippen LogP contribution >= 0.6 is 0 Å². The number of amides is 1. The highest BCUT2D eigenvalue weighted by Crippen LogP contribution is 2.37. The lowest BCUT2D eigenvalue weighted by atomic mass is 9.84. The summed E-state index contributed by atoms with van der Waals surface area (Å²) >= 11 is 0. The quantitative estimate of drug-likeness (QED) is 0.849. The Labute approximate surface area is 148 Å². The van der Waals surface area contributed by atoms with Gasteiger partial charge in [0.05, 0.1) is 13.2 Å². The van der Waals surface area contributed by atoms with Gasteiger partial charge in [-0.2, -0.15) is 5.26 Å². The summed E-state index contributed by atoms with van der Waals surface area (Å²) in [5.41, 5.74) is 3.34. The predicted octanol–water partition coefficient (Wildman–Crippen LogP) is 4.00. The monoisotopic (exact) mass is 334 g/mol. The molecule has 0 N–H and O–H groups in total. The Balaban J connectivity index is 1.91. The fraction of sp³-hybridized carbons (Fsp3) is 0.333. The normalized spacial score (nSPS) is 16.5. The van der Waals surface area contributed by atoms with Crippen LogP contribution in [-0.2, 0) is 5.41 Å². The van der Waals surface area contributed by atoms with Crippen LogP contribution in [0.2, 0.25) is 0 Å². The number of nitrogens with zero attached hydrogens (tertiary/aromatic N) is 2. The molecule has 0 fully saturated rings. The SMILES string of the molecule is COc1ccc(C(C)(C)CN2C(=O)c3ccc(C)cc3C2C#N)cc1. The Hall–Kier alpha value is -2.80. The number of benzene rings is 2. The molecule has 1 aliphatic rings. The summed E-state index contributed by atoms with van der Waals surface area (Å²) in [7, 11) is 1.64.